The molecular weight excluding hydrogens is 170 g/mol. The molecule has 0 aliphatic rings. The monoisotopic (exact) mass is 179 g/mol. The Kier molecular flexibility index (Phi) is 1.91. The highest BCUT2D eigenvalue weighted by molar-refractivity contribution is 7.13. The molecule has 2 aromatic rings. The number of nitrogens with one attached hydrogen (secondary N) is 1. The lowest BCUT2D eigenvalue weighted by molar-refractivity contribution is 1.20. The lowest BCUT2D eigenvalue weighted by atomic mass is 10.3. The van der Waals surface area contributed by atoms with Crippen molar-refractivity contribution in [3.05, 3.63) is 18.3 Å². The Morgan fingerprint density at radius 2 is 2.50 bits per heavy atom. The largest absolute Gasteiger partial charge is 0.369 e. The molecule has 0 unspecified atom stereocenters. The van der Waals surface area contributed by atoms with Crippen LogP contribution in [-0.4, -0.2) is 15.9 Å². The highest BCUT2D eigenvalue weighted by Gasteiger charge is 2.03. The van der Waals surface area contributed by atoms with Crippen molar-refractivity contribution in [1.82, 2.24) is 9.36 Å². The zero-order chi connectivity index (χ0) is 8.39. The molecule has 0 aliphatic carbocycles. The number of hydrogen-bond acceptors (Lipinski definition) is 4. The number of nitrogens with zero attached hydrogens (tertiary/aromatic N) is 2. The third-order valence-electron chi connectivity index (χ3n) is 1.59. The van der Waals surface area contributed by atoms with Gasteiger partial charge in [-0.2, -0.15) is 4.37 Å². The van der Waals surface area contributed by atoms with Gasteiger partial charge in [-0.3, -0.25) is 0 Å². The zero-order valence-electron chi connectivity index (χ0n) is 6.74. The first kappa shape index (κ1) is 7.49. The number of anilines is 1. The molecule has 0 saturated heterocycles. The fourth-order valence-corrected chi connectivity index (χ4v) is 1.79. The third-order valence-corrected chi connectivity index (χ3v) is 2.37. The summed E-state index contributed by atoms with van der Waals surface area (Å²) in [4.78, 5) is 5.19. The van der Waals surface area contributed by atoms with Crippen LogP contribution in [0.1, 0.15) is 6.92 Å². The molecular formula is C8H9N3S. The maximum Gasteiger partial charge on any atom is 0.149 e. The minimum Gasteiger partial charge on any atom is -0.369 e. The number of aromatic nitrogens is 2. The van der Waals surface area contributed by atoms with Crippen molar-refractivity contribution in [2.75, 3.05) is 11.9 Å². The van der Waals surface area contributed by atoms with Crippen LogP contribution in [0.5, 0.6) is 0 Å². The SMILES string of the molecule is CCNc1nsc2ncccc12. The summed E-state index contributed by atoms with van der Waals surface area (Å²) in [6.07, 6.45) is 1.79. The summed E-state index contributed by atoms with van der Waals surface area (Å²) in [5, 5.41) is 4.30. The average Bonchev–Trinajstić information content (AvgIpc) is 2.50. The van der Waals surface area contributed by atoms with Gasteiger partial charge in [-0.05, 0) is 30.6 Å². The molecule has 3 nitrogen and oxygen atoms in total. The summed E-state index contributed by atoms with van der Waals surface area (Å²) in [6.45, 7) is 2.95. The van der Waals surface area contributed by atoms with Crippen molar-refractivity contribution in [2.24, 2.45) is 0 Å². The standard InChI is InChI=1S/C8H9N3S/c1-2-9-7-6-4-3-5-10-8(6)12-11-7/h3-5H,2H2,1H3,(H,9,11). The molecule has 2 rings (SSSR count). The molecule has 0 aromatic carbocycles. The van der Waals surface area contributed by atoms with Crippen molar-refractivity contribution in [1.29, 1.82) is 0 Å². The summed E-state index contributed by atoms with van der Waals surface area (Å²) in [5.74, 6) is 0.950. The van der Waals surface area contributed by atoms with Crippen LogP contribution in [0.25, 0.3) is 10.2 Å². The highest BCUT2D eigenvalue weighted by Crippen LogP contribution is 2.23. The lowest BCUT2D eigenvalue weighted by Gasteiger charge is -1.96. The second-order valence-corrected chi connectivity index (χ2v) is 3.17. The Morgan fingerprint density at radius 3 is 3.33 bits per heavy atom. The van der Waals surface area contributed by atoms with Gasteiger partial charge in [0.2, 0.25) is 0 Å². The van der Waals surface area contributed by atoms with Crippen LogP contribution in [0, 0.1) is 0 Å². The van der Waals surface area contributed by atoms with Crippen LogP contribution >= 0.6 is 11.5 Å². The van der Waals surface area contributed by atoms with E-state index in [1.165, 1.54) is 11.5 Å². The second-order valence-electron chi connectivity index (χ2n) is 2.42. The molecule has 62 valence electrons. The van der Waals surface area contributed by atoms with Gasteiger partial charge in [-0.25, -0.2) is 4.98 Å². The third kappa shape index (κ3) is 1.14. The number of fused-ring (bicyclic) bond motifs is 1. The van der Waals surface area contributed by atoms with Crippen LogP contribution in [0.3, 0.4) is 0 Å². The normalized spacial score (nSPS) is 10.4. The van der Waals surface area contributed by atoms with Crippen molar-refractivity contribution < 1.29 is 0 Å². The minimum absolute atomic E-state index is 0.897. The predicted octanol–water partition coefficient (Wildman–Crippen LogP) is 2.12. The van der Waals surface area contributed by atoms with E-state index in [0.717, 1.165) is 22.6 Å². The van der Waals surface area contributed by atoms with Gasteiger partial charge in [0.15, 0.2) is 0 Å². The Morgan fingerprint density at radius 1 is 1.58 bits per heavy atom. The van der Waals surface area contributed by atoms with Gasteiger partial charge in [0.25, 0.3) is 0 Å². The van der Waals surface area contributed by atoms with Gasteiger partial charge >= 0.3 is 0 Å². The van der Waals surface area contributed by atoms with Gasteiger partial charge < -0.3 is 5.32 Å². The maximum absolute atomic E-state index is 4.25. The molecule has 2 heterocycles. The van der Waals surface area contributed by atoms with Crippen molar-refractivity contribution in [2.45, 2.75) is 6.92 Å². The Balaban J connectivity index is 2.55. The maximum atomic E-state index is 4.25. The van der Waals surface area contributed by atoms with E-state index in [1.807, 2.05) is 12.1 Å². The van der Waals surface area contributed by atoms with Gasteiger partial charge in [-0.1, -0.05) is 0 Å². The first-order valence-corrected chi connectivity index (χ1v) is 4.63. The van der Waals surface area contributed by atoms with Gasteiger partial charge in [0.1, 0.15) is 10.6 Å². The molecule has 1 N–H and O–H groups in total. The minimum atomic E-state index is 0.897. The van der Waals surface area contributed by atoms with Crippen LogP contribution in [0.4, 0.5) is 5.82 Å². The van der Waals surface area contributed by atoms with Crippen molar-refractivity contribution in [3.8, 4) is 0 Å². The molecule has 0 saturated carbocycles. The van der Waals surface area contributed by atoms with Crippen LogP contribution in [0.15, 0.2) is 18.3 Å². The van der Waals surface area contributed by atoms with E-state index in [0.29, 0.717) is 0 Å². The molecule has 4 heteroatoms. The Hall–Kier alpha value is -1.16. The van der Waals surface area contributed by atoms with Crippen molar-refractivity contribution >= 4 is 27.6 Å². The van der Waals surface area contributed by atoms with E-state index in [2.05, 4.69) is 21.6 Å². The summed E-state index contributed by atoms with van der Waals surface area (Å²) < 4.78 is 4.25. The van der Waals surface area contributed by atoms with Crippen LogP contribution in [0.2, 0.25) is 0 Å². The number of rotatable bonds is 2. The molecule has 0 aliphatic heterocycles. The smallest absolute Gasteiger partial charge is 0.149 e. The fraction of sp³-hybridized carbons (Fsp3) is 0.250. The fourth-order valence-electron chi connectivity index (χ4n) is 1.08. The van der Waals surface area contributed by atoms with Crippen LogP contribution in [-0.2, 0) is 0 Å². The Labute approximate surface area is 74.6 Å². The average molecular weight is 179 g/mol. The topological polar surface area (TPSA) is 37.8 Å². The van der Waals surface area contributed by atoms with E-state index in [-0.39, 0.29) is 0 Å². The molecule has 12 heavy (non-hydrogen) atoms. The molecule has 2 aromatic heterocycles. The van der Waals surface area contributed by atoms with Gasteiger partial charge in [0, 0.05) is 12.7 Å². The zero-order valence-corrected chi connectivity index (χ0v) is 7.56. The molecule has 0 radical (unpaired) electrons. The van der Waals surface area contributed by atoms with Crippen LogP contribution < -0.4 is 5.32 Å². The number of pyridine rings is 1. The van der Waals surface area contributed by atoms with Crippen molar-refractivity contribution in [3.63, 3.8) is 0 Å². The highest BCUT2D eigenvalue weighted by atomic mass is 32.1. The van der Waals surface area contributed by atoms with E-state index in [1.54, 1.807) is 6.20 Å². The molecule has 0 amide bonds. The summed E-state index contributed by atoms with van der Waals surface area (Å²) in [6, 6.07) is 3.96. The second kappa shape index (κ2) is 3.06. The number of hydrogen-bond donors (Lipinski definition) is 1. The van der Waals surface area contributed by atoms with E-state index in [4.69, 9.17) is 0 Å². The predicted molar refractivity (Wildman–Crippen MR) is 51.6 cm³/mol. The van der Waals surface area contributed by atoms with E-state index in [9.17, 15) is 0 Å². The Bertz CT molecular complexity index is 382. The molecule has 0 fully saturated rings. The first-order chi connectivity index (χ1) is 5.92. The quantitative estimate of drug-likeness (QED) is 0.767. The molecule has 0 spiro atoms. The summed E-state index contributed by atoms with van der Waals surface area (Å²) in [5.41, 5.74) is 0. The van der Waals surface area contributed by atoms with E-state index >= 15 is 0 Å². The van der Waals surface area contributed by atoms with Gasteiger partial charge in [0.05, 0.1) is 5.39 Å². The summed E-state index contributed by atoms with van der Waals surface area (Å²) in [7, 11) is 0. The van der Waals surface area contributed by atoms with Gasteiger partial charge in [-0.15, -0.1) is 0 Å². The molecule has 0 bridgehead atoms. The lowest BCUT2D eigenvalue weighted by Crippen LogP contribution is -1.96. The van der Waals surface area contributed by atoms with E-state index < -0.39 is 0 Å². The molecule has 0 atom stereocenters. The summed E-state index contributed by atoms with van der Waals surface area (Å²) >= 11 is 1.43. The first-order valence-electron chi connectivity index (χ1n) is 3.86.